The fourth-order valence-corrected chi connectivity index (χ4v) is 6.01. The highest BCUT2D eigenvalue weighted by Gasteiger charge is 2.19. The van der Waals surface area contributed by atoms with Gasteiger partial charge in [-0.25, -0.2) is 4.98 Å². The lowest BCUT2D eigenvalue weighted by Crippen LogP contribution is -2.23. The molecule has 2 N–H and O–H groups in total. The predicted molar refractivity (Wildman–Crippen MR) is 148 cm³/mol. The molecule has 1 heterocycles. The lowest BCUT2D eigenvalue weighted by Gasteiger charge is -2.15. The van der Waals surface area contributed by atoms with Crippen LogP contribution in [0.3, 0.4) is 0 Å². The number of aryl methyl sites for hydroxylation is 3. The predicted octanol–water partition coefficient (Wildman–Crippen LogP) is 6.99. The maximum absolute atomic E-state index is 12.9. The van der Waals surface area contributed by atoms with Crippen LogP contribution in [-0.4, -0.2) is 22.0 Å². The first-order chi connectivity index (χ1) is 16.8. The van der Waals surface area contributed by atoms with E-state index in [2.05, 4.69) is 34.7 Å². The van der Waals surface area contributed by atoms with Crippen molar-refractivity contribution in [1.29, 1.82) is 0 Å². The van der Waals surface area contributed by atoms with Crippen molar-refractivity contribution in [2.24, 2.45) is 0 Å². The number of thiazole rings is 1. The second-order valence-corrected chi connectivity index (χ2v) is 11.0. The van der Waals surface area contributed by atoms with Crippen LogP contribution >= 0.6 is 23.1 Å². The van der Waals surface area contributed by atoms with Gasteiger partial charge in [0, 0.05) is 17.5 Å². The van der Waals surface area contributed by atoms with Crippen LogP contribution in [0.4, 0.5) is 11.4 Å². The number of nitrogens with one attached hydrogen (secondary N) is 2. The Kier molecular flexibility index (Phi) is 7.68. The molecule has 0 radical (unpaired) electrons. The van der Waals surface area contributed by atoms with E-state index in [0.717, 1.165) is 36.9 Å². The minimum atomic E-state index is -0.307. The molecule has 0 aliphatic carbocycles. The van der Waals surface area contributed by atoms with Gasteiger partial charge < -0.3 is 10.6 Å². The molecule has 0 saturated heterocycles. The third kappa shape index (κ3) is 6.38. The standard InChI is InChI=1S/C28H27N3O2S2/c1-17-14-18(2)26(19(3)15-17)31-27(33)20(4)34-28-30-23-12-11-22(16-24(23)35-28)29-25(32)13-10-21-8-6-5-7-9-21/h5-16,20H,1-4H3,(H,29,32)(H,31,33)/b13-10+/t20-/m0/s1. The zero-order valence-electron chi connectivity index (χ0n) is 20.1. The zero-order valence-corrected chi connectivity index (χ0v) is 21.7. The minimum absolute atomic E-state index is 0.0533. The van der Waals surface area contributed by atoms with E-state index in [0.29, 0.717) is 5.69 Å². The number of thioether (sulfide) groups is 1. The lowest BCUT2D eigenvalue weighted by molar-refractivity contribution is -0.115. The molecular weight excluding hydrogens is 474 g/mol. The fourth-order valence-electron chi connectivity index (χ4n) is 3.76. The van der Waals surface area contributed by atoms with Gasteiger partial charge in [-0.15, -0.1) is 11.3 Å². The first-order valence-corrected chi connectivity index (χ1v) is 13.0. The van der Waals surface area contributed by atoms with Crippen LogP contribution in [0.1, 0.15) is 29.2 Å². The molecule has 0 spiro atoms. The number of hydrogen-bond acceptors (Lipinski definition) is 5. The maximum atomic E-state index is 12.9. The first kappa shape index (κ1) is 24.7. The molecule has 0 unspecified atom stereocenters. The van der Waals surface area contributed by atoms with E-state index in [1.54, 1.807) is 6.08 Å². The average Bonchev–Trinajstić information content (AvgIpc) is 3.22. The Morgan fingerprint density at radius 2 is 1.69 bits per heavy atom. The van der Waals surface area contributed by atoms with E-state index in [1.165, 1.54) is 34.7 Å². The number of carbonyl (C=O) groups excluding carboxylic acids is 2. The van der Waals surface area contributed by atoms with Crippen molar-refractivity contribution < 1.29 is 9.59 Å². The number of fused-ring (bicyclic) bond motifs is 1. The zero-order chi connectivity index (χ0) is 24.9. The number of nitrogens with zero attached hydrogens (tertiary/aromatic N) is 1. The van der Waals surface area contributed by atoms with Crippen molar-refractivity contribution in [3.63, 3.8) is 0 Å². The number of benzene rings is 3. The molecule has 1 atom stereocenters. The minimum Gasteiger partial charge on any atom is -0.325 e. The Morgan fingerprint density at radius 1 is 0.971 bits per heavy atom. The van der Waals surface area contributed by atoms with Crippen LogP contribution < -0.4 is 10.6 Å². The second-order valence-electron chi connectivity index (χ2n) is 8.42. The fraction of sp³-hybridized carbons (Fsp3) is 0.179. The Hall–Kier alpha value is -3.42. The molecule has 0 fully saturated rings. The van der Waals surface area contributed by atoms with Crippen molar-refractivity contribution in [3.05, 3.63) is 89.0 Å². The van der Waals surface area contributed by atoms with Gasteiger partial charge in [0.2, 0.25) is 11.8 Å². The van der Waals surface area contributed by atoms with Crippen LogP contribution in [0.2, 0.25) is 0 Å². The van der Waals surface area contributed by atoms with Crippen LogP contribution in [-0.2, 0) is 9.59 Å². The average molecular weight is 502 g/mol. The van der Waals surface area contributed by atoms with Gasteiger partial charge in [-0.3, -0.25) is 9.59 Å². The lowest BCUT2D eigenvalue weighted by atomic mass is 10.1. The third-order valence-electron chi connectivity index (χ3n) is 5.44. The van der Waals surface area contributed by atoms with Crippen LogP contribution in [0, 0.1) is 20.8 Å². The quantitative estimate of drug-likeness (QED) is 0.211. The Morgan fingerprint density at radius 3 is 2.40 bits per heavy atom. The topological polar surface area (TPSA) is 71.1 Å². The number of aromatic nitrogens is 1. The van der Waals surface area contributed by atoms with Crippen molar-refractivity contribution in [1.82, 2.24) is 4.98 Å². The molecule has 7 heteroatoms. The number of hydrogen-bond donors (Lipinski definition) is 2. The van der Waals surface area contributed by atoms with E-state index in [-0.39, 0.29) is 17.1 Å². The Labute approximate surface area is 213 Å². The summed E-state index contributed by atoms with van der Waals surface area (Å²) in [4.78, 5) is 29.8. The highest BCUT2D eigenvalue weighted by Crippen LogP contribution is 2.34. The molecule has 0 aliphatic heterocycles. The summed E-state index contributed by atoms with van der Waals surface area (Å²) in [7, 11) is 0. The van der Waals surface area contributed by atoms with Crippen LogP contribution in [0.5, 0.6) is 0 Å². The van der Waals surface area contributed by atoms with E-state index in [4.69, 9.17) is 0 Å². The molecule has 35 heavy (non-hydrogen) atoms. The summed E-state index contributed by atoms with van der Waals surface area (Å²) in [6.07, 6.45) is 3.30. The molecule has 178 valence electrons. The molecule has 3 aromatic carbocycles. The SMILES string of the molecule is Cc1cc(C)c(NC(=O)[C@H](C)Sc2nc3ccc(NC(=O)/C=C/c4ccccc4)cc3s2)c(C)c1. The van der Waals surface area contributed by atoms with Gasteiger partial charge in [-0.2, -0.15) is 0 Å². The smallest absolute Gasteiger partial charge is 0.248 e. The van der Waals surface area contributed by atoms with E-state index >= 15 is 0 Å². The number of rotatable bonds is 7. The van der Waals surface area contributed by atoms with E-state index in [1.807, 2.05) is 69.3 Å². The second kappa shape index (κ2) is 10.9. The highest BCUT2D eigenvalue weighted by atomic mass is 32.2. The first-order valence-electron chi connectivity index (χ1n) is 11.3. The monoisotopic (exact) mass is 501 g/mol. The Balaban J connectivity index is 1.40. The highest BCUT2D eigenvalue weighted by molar-refractivity contribution is 8.02. The van der Waals surface area contributed by atoms with Gasteiger partial charge in [0.1, 0.15) is 0 Å². The van der Waals surface area contributed by atoms with Crippen molar-refractivity contribution >= 4 is 62.6 Å². The number of carbonyl (C=O) groups is 2. The molecule has 4 rings (SSSR count). The summed E-state index contributed by atoms with van der Waals surface area (Å²) < 4.78 is 1.77. The van der Waals surface area contributed by atoms with Gasteiger partial charge in [-0.05, 0) is 68.7 Å². The summed E-state index contributed by atoms with van der Waals surface area (Å²) in [5.74, 6) is -0.248. The number of anilines is 2. The van der Waals surface area contributed by atoms with Gasteiger partial charge in [0.05, 0.1) is 15.5 Å². The van der Waals surface area contributed by atoms with Crippen molar-refractivity contribution in [2.45, 2.75) is 37.3 Å². The molecular formula is C28H27N3O2S2. The molecule has 5 nitrogen and oxygen atoms in total. The maximum Gasteiger partial charge on any atom is 0.248 e. The van der Waals surface area contributed by atoms with Crippen LogP contribution in [0.15, 0.2) is 71.1 Å². The molecule has 1 aromatic heterocycles. The normalized spacial score (nSPS) is 12.1. The molecule has 2 amide bonds. The van der Waals surface area contributed by atoms with Crippen molar-refractivity contribution in [3.8, 4) is 0 Å². The van der Waals surface area contributed by atoms with Gasteiger partial charge >= 0.3 is 0 Å². The molecule has 4 aromatic rings. The molecule has 0 bridgehead atoms. The molecule has 0 saturated carbocycles. The Bertz CT molecular complexity index is 1390. The molecule has 0 aliphatic rings. The van der Waals surface area contributed by atoms with Crippen LogP contribution in [0.25, 0.3) is 16.3 Å². The third-order valence-corrected chi connectivity index (χ3v) is 7.65. The summed E-state index contributed by atoms with van der Waals surface area (Å²) in [6, 6.07) is 19.5. The van der Waals surface area contributed by atoms with Gasteiger partial charge in [-0.1, -0.05) is 59.8 Å². The van der Waals surface area contributed by atoms with Crippen molar-refractivity contribution in [2.75, 3.05) is 10.6 Å². The summed E-state index contributed by atoms with van der Waals surface area (Å²) in [5.41, 5.74) is 6.68. The summed E-state index contributed by atoms with van der Waals surface area (Å²) in [6.45, 7) is 7.95. The van der Waals surface area contributed by atoms with Gasteiger partial charge in [0.15, 0.2) is 4.34 Å². The number of amides is 2. The summed E-state index contributed by atoms with van der Waals surface area (Å²) in [5, 5.41) is 5.67. The summed E-state index contributed by atoms with van der Waals surface area (Å²) >= 11 is 2.95. The van der Waals surface area contributed by atoms with Gasteiger partial charge in [0.25, 0.3) is 0 Å². The van der Waals surface area contributed by atoms with E-state index in [9.17, 15) is 9.59 Å². The largest absolute Gasteiger partial charge is 0.325 e. The van der Waals surface area contributed by atoms with E-state index < -0.39 is 0 Å².